The van der Waals surface area contributed by atoms with E-state index in [1.54, 1.807) is 18.2 Å². The maximum Gasteiger partial charge on any atom is 0.129 e. The fraction of sp³-hybridized carbons (Fsp3) is 0.294. The molecule has 0 fully saturated rings. The number of ether oxygens (including phenoxy) is 1. The van der Waals surface area contributed by atoms with E-state index in [1.807, 2.05) is 18.2 Å². The van der Waals surface area contributed by atoms with Crippen LogP contribution < -0.4 is 10.1 Å². The van der Waals surface area contributed by atoms with Crippen molar-refractivity contribution in [1.29, 1.82) is 0 Å². The Morgan fingerprint density at radius 3 is 2.33 bits per heavy atom. The third-order valence-corrected chi connectivity index (χ3v) is 3.59. The fourth-order valence-corrected chi connectivity index (χ4v) is 2.05. The summed E-state index contributed by atoms with van der Waals surface area (Å²) in [6, 6.07) is 13.2. The Bertz CT molecular complexity index is 620. The zero-order valence-corrected chi connectivity index (χ0v) is 13.9. The minimum atomic E-state index is 0.0839. The lowest BCUT2D eigenvalue weighted by atomic mass is 10.1. The Kier molecular flexibility index (Phi) is 5.15. The highest BCUT2D eigenvalue weighted by atomic mass is 35.5. The Balaban J connectivity index is 2.08. The molecule has 0 aliphatic carbocycles. The van der Waals surface area contributed by atoms with E-state index in [2.05, 4.69) is 32.2 Å². The van der Waals surface area contributed by atoms with Crippen LogP contribution in [0.2, 0.25) is 10.0 Å². The number of nitrogens with one attached hydrogen (secondary N) is 1. The smallest absolute Gasteiger partial charge is 0.129 e. The van der Waals surface area contributed by atoms with Crippen molar-refractivity contribution in [3.8, 4) is 11.5 Å². The van der Waals surface area contributed by atoms with Crippen molar-refractivity contribution in [2.75, 3.05) is 0 Å². The first-order valence-corrected chi connectivity index (χ1v) is 7.56. The number of hydrogen-bond donors (Lipinski definition) is 1. The molecule has 2 nitrogen and oxygen atoms in total. The topological polar surface area (TPSA) is 21.3 Å². The van der Waals surface area contributed by atoms with Gasteiger partial charge >= 0.3 is 0 Å². The average molecular weight is 324 g/mol. The second kappa shape index (κ2) is 6.69. The molecule has 0 bridgehead atoms. The van der Waals surface area contributed by atoms with Gasteiger partial charge < -0.3 is 10.1 Å². The molecule has 2 rings (SSSR count). The van der Waals surface area contributed by atoms with E-state index in [9.17, 15) is 0 Å². The summed E-state index contributed by atoms with van der Waals surface area (Å²) in [4.78, 5) is 0. The number of rotatable bonds is 4. The van der Waals surface area contributed by atoms with Crippen LogP contribution in [0.3, 0.4) is 0 Å². The summed E-state index contributed by atoms with van der Waals surface area (Å²) in [6.07, 6.45) is 0. The van der Waals surface area contributed by atoms with Crippen LogP contribution in [0.1, 0.15) is 26.3 Å². The van der Waals surface area contributed by atoms with Crippen LogP contribution in [0.4, 0.5) is 0 Å². The zero-order valence-electron chi connectivity index (χ0n) is 12.4. The van der Waals surface area contributed by atoms with Crippen LogP contribution in [0.15, 0.2) is 42.5 Å². The van der Waals surface area contributed by atoms with E-state index < -0.39 is 0 Å². The largest absolute Gasteiger partial charge is 0.457 e. The molecule has 0 aliphatic rings. The van der Waals surface area contributed by atoms with E-state index in [1.165, 1.54) is 5.56 Å². The van der Waals surface area contributed by atoms with Crippen LogP contribution in [0, 0.1) is 0 Å². The van der Waals surface area contributed by atoms with Gasteiger partial charge in [0.15, 0.2) is 0 Å². The van der Waals surface area contributed by atoms with Crippen molar-refractivity contribution < 1.29 is 4.74 Å². The van der Waals surface area contributed by atoms with Crippen LogP contribution >= 0.6 is 23.2 Å². The SMILES string of the molecule is CC(C)(C)NCc1cccc(Oc2ccc(Cl)c(Cl)c2)c1. The molecule has 0 heterocycles. The van der Waals surface area contributed by atoms with Crippen LogP contribution in [-0.4, -0.2) is 5.54 Å². The predicted molar refractivity (Wildman–Crippen MR) is 89.6 cm³/mol. The molecule has 1 N–H and O–H groups in total. The van der Waals surface area contributed by atoms with Crippen LogP contribution in [0.25, 0.3) is 0 Å². The van der Waals surface area contributed by atoms with Gasteiger partial charge in [-0.2, -0.15) is 0 Å². The van der Waals surface area contributed by atoms with Crippen LogP contribution in [-0.2, 0) is 6.54 Å². The summed E-state index contributed by atoms with van der Waals surface area (Å²) in [6.45, 7) is 7.22. The van der Waals surface area contributed by atoms with Crippen molar-refractivity contribution >= 4 is 23.2 Å². The first-order chi connectivity index (χ1) is 9.83. The highest BCUT2D eigenvalue weighted by Crippen LogP contribution is 2.29. The van der Waals surface area contributed by atoms with E-state index >= 15 is 0 Å². The summed E-state index contributed by atoms with van der Waals surface area (Å²) < 4.78 is 5.82. The molecule has 0 saturated carbocycles. The maximum atomic E-state index is 5.99. The lowest BCUT2D eigenvalue weighted by Crippen LogP contribution is -2.35. The van der Waals surface area contributed by atoms with Gasteiger partial charge in [0.25, 0.3) is 0 Å². The van der Waals surface area contributed by atoms with Crippen molar-refractivity contribution in [1.82, 2.24) is 5.32 Å². The van der Waals surface area contributed by atoms with Gasteiger partial charge in [0.05, 0.1) is 10.0 Å². The third-order valence-electron chi connectivity index (χ3n) is 2.85. The molecule has 0 spiro atoms. The fourth-order valence-electron chi connectivity index (χ4n) is 1.76. The van der Waals surface area contributed by atoms with Crippen LogP contribution in [0.5, 0.6) is 11.5 Å². The zero-order chi connectivity index (χ0) is 15.5. The van der Waals surface area contributed by atoms with Crippen molar-refractivity contribution in [2.45, 2.75) is 32.9 Å². The molecule has 0 unspecified atom stereocenters. The summed E-state index contributed by atoms with van der Waals surface area (Å²) in [5.74, 6) is 1.45. The van der Waals surface area contributed by atoms with E-state index in [0.29, 0.717) is 15.8 Å². The van der Waals surface area contributed by atoms with E-state index in [0.717, 1.165) is 12.3 Å². The van der Waals surface area contributed by atoms with Gasteiger partial charge in [-0.15, -0.1) is 0 Å². The van der Waals surface area contributed by atoms with Crippen molar-refractivity contribution in [3.63, 3.8) is 0 Å². The molecule has 2 aromatic carbocycles. The molecule has 0 amide bonds. The minimum Gasteiger partial charge on any atom is -0.457 e. The molecule has 0 aliphatic heterocycles. The molecule has 4 heteroatoms. The van der Waals surface area contributed by atoms with E-state index in [4.69, 9.17) is 27.9 Å². The summed E-state index contributed by atoms with van der Waals surface area (Å²) in [7, 11) is 0. The average Bonchev–Trinajstić information content (AvgIpc) is 2.40. The molecule has 112 valence electrons. The number of halogens is 2. The normalized spacial score (nSPS) is 11.5. The quantitative estimate of drug-likeness (QED) is 0.782. The number of hydrogen-bond acceptors (Lipinski definition) is 2. The minimum absolute atomic E-state index is 0.0839. The number of benzene rings is 2. The van der Waals surface area contributed by atoms with Gasteiger partial charge in [-0.05, 0) is 50.6 Å². The van der Waals surface area contributed by atoms with Gasteiger partial charge in [0.2, 0.25) is 0 Å². The Hall–Kier alpha value is -1.22. The lowest BCUT2D eigenvalue weighted by Gasteiger charge is -2.20. The van der Waals surface area contributed by atoms with Crippen molar-refractivity contribution in [3.05, 3.63) is 58.1 Å². The second-order valence-corrected chi connectivity index (χ2v) is 6.74. The molecule has 21 heavy (non-hydrogen) atoms. The first-order valence-electron chi connectivity index (χ1n) is 6.80. The molecule has 2 aromatic rings. The predicted octanol–water partition coefficient (Wildman–Crippen LogP) is 5.67. The van der Waals surface area contributed by atoms with Gasteiger partial charge in [-0.1, -0.05) is 35.3 Å². The highest BCUT2D eigenvalue weighted by molar-refractivity contribution is 6.42. The lowest BCUT2D eigenvalue weighted by molar-refractivity contribution is 0.423. The molecule has 0 atom stereocenters. The monoisotopic (exact) mass is 323 g/mol. The maximum absolute atomic E-state index is 5.99. The summed E-state index contributed by atoms with van der Waals surface area (Å²) in [5, 5.41) is 4.46. The summed E-state index contributed by atoms with van der Waals surface area (Å²) in [5.41, 5.74) is 1.25. The second-order valence-electron chi connectivity index (χ2n) is 5.93. The third kappa shape index (κ3) is 5.24. The molecular weight excluding hydrogens is 305 g/mol. The Morgan fingerprint density at radius 2 is 1.67 bits per heavy atom. The molecule has 0 radical (unpaired) electrons. The molecule has 0 saturated heterocycles. The van der Waals surface area contributed by atoms with E-state index in [-0.39, 0.29) is 5.54 Å². The summed E-state index contributed by atoms with van der Waals surface area (Å²) >= 11 is 11.9. The van der Waals surface area contributed by atoms with Crippen molar-refractivity contribution in [2.24, 2.45) is 0 Å². The molecule has 0 aromatic heterocycles. The van der Waals surface area contributed by atoms with Gasteiger partial charge in [0, 0.05) is 18.2 Å². The standard InChI is InChI=1S/C17H19Cl2NO/c1-17(2,3)20-11-12-5-4-6-13(9-12)21-14-7-8-15(18)16(19)10-14/h4-10,20H,11H2,1-3H3. The first kappa shape index (κ1) is 16.2. The Morgan fingerprint density at radius 1 is 0.952 bits per heavy atom. The van der Waals surface area contributed by atoms with Gasteiger partial charge in [-0.25, -0.2) is 0 Å². The Labute approximate surface area is 136 Å². The highest BCUT2D eigenvalue weighted by Gasteiger charge is 2.09. The van der Waals surface area contributed by atoms with Gasteiger partial charge in [-0.3, -0.25) is 0 Å². The van der Waals surface area contributed by atoms with Gasteiger partial charge in [0.1, 0.15) is 11.5 Å². The molecular formula is C17H19Cl2NO.